The molecule has 1 aliphatic rings. The van der Waals surface area contributed by atoms with Crippen molar-refractivity contribution in [3.63, 3.8) is 0 Å². The average molecular weight is 335 g/mol. The van der Waals surface area contributed by atoms with Gasteiger partial charge in [-0.25, -0.2) is 4.39 Å². The van der Waals surface area contributed by atoms with Crippen molar-refractivity contribution < 1.29 is 4.39 Å². The molecule has 0 aliphatic heterocycles. The second kappa shape index (κ2) is 5.62. The van der Waals surface area contributed by atoms with Crippen LogP contribution in [0.15, 0.2) is 41.1 Å². The van der Waals surface area contributed by atoms with Crippen molar-refractivity contribution in [2.24, 2.45) is 0 Å². The highest BCUT2D eigenvalue weighted by molar-refractivity contribution is 9.10. The molecule has 0 fully saturated rings. The van der Waals surface area contributed by atoms with Gasteiger partial charge in [0.2, 0.25) is 0 Å². The van der Waals surface area contributed by atoms with Gasteiger partial charge in [-0.05, 0) is 60.7 Å². The topological polar surface area (TPSA) is 24.9 Å². The Labute approximate surface area is 126 Å². The third-order valence-electron chi connectivity index (χ3n) is 3.91. The highest BCUT2D eigenvalue weighted by atomic mass is 79.9. The van der Waals surface area contributed by atoms with Gasteiger partial charge in [-0.1, -0.05) is 15.9 Å². The fraction of sp³-hybridized carbons (Fsp3) is 0.312. The summed E-state index contributed by atoms with van der Waals surface area (Å²) in [5, 5.41) is 3.59. The molecule has 2 aromatic rings. The van der Waals surface area contributed by atoms with Crippen LogP contribution in [0.25, 0.3) is 0 Å². The van der Waals surface area contributed by atoms with Crippen LogP contribution in [0.4, 0.5) is 4.39 Å². The minimum Gasteiger partial charge on any atom is -0.303 e. The molecular weight excluding hydrogens is 319 g/mol. The van der Waals surface area contributed by atoms with Crippen LogP contribution in [0.5, 0.6) is 0 Å². The number of pyridine rings is 1. The fourth-order valence-electron chi connectivity index (χ4n) is 2.87. The molecule has 3 rings (SSSR count). The molecule has 1 aromatic carbocycles. The summed E-state index contributed by atoms with van der Waals surface area (Å²) in [6, 6.07) is 8.02. The van der Waals surface area contributed by atoms with Gasteiger partial charge in [-0.3, -0.25) is 4.98 Å². The Hall–Kier alpha value is -1.26. The van der Waals surface area contributed by atoms with Crippen molar-refractivity contribution in [2.45, 2.75) is 31.8 Å². The Morgan fingerprint density at radius 2 is 2.10 bits per heavy atom. The lowest BCUT2D eigenvalue weighted by atomic mass is 10.0. The summed E-state index contributed by atoms with van der Waals surface area (Å²) in [6.07, 6.45) is 5.34. The van der Waals surface area contributed by atoms with E-state index >= 15 is 0 Å². The van der Waals surface area contributed by atoms with Crippen molar-refractivity contribution in [3.8, 4) is 0 Å². The maximum atomic E-state index is 13.9. The van der Waals surface area contributed by atoms with Crippen LogP contribution in [0.1, 0.15) is 42.1 Å². The van der Waals surface area contributed by atoms with E-state index in [1.807, 2.05) is 18.2 Å². The first-order valence-electron chi connectivity index (χ1n) is 6.79. The number of fused-ring (bicyclic) bond motifs is 1. The molecule has 0 spiro atoms. The smallest absolute Gasteiger partial charge is 0.127 e. The summed E-state index contributed by atoms with van der Waals surface area (Å²) in [4.78, 5) is 4.04. The first-order chi connectivity index (χ1) is 9.65. The van der Waals surface area contributed by atoms with E-state index in [9.17, 15) is 4.39 Å². The van der Waals surface area contributed by atoms with E-state index in [0.717, 1.165) is 28.4 Å². The zero-order valence-electron chi connectivity index (χ0n) is 11.2. The minimum atomic E-state index is -0.102. The van der Waals surface area contributed by atoms with Crippen molar-refractivity contribution in [1.29, 1.82) is 0 Å². The monoisotopic (exact) mass is 334 g/mol. The minimum absolute atomic E-state index is 0.102. The van der Waals surface area contributed by atoms with Crippen LogP contribution in [0.3, 0.4) is 0 Å². The normalized spacial score (nSPS) is 18.9. The molecule has 0 unspecified atom stereocenters. The second-order valence-electron chi connectivity index (χ2n) is 5.22. The predicted octanol–water partition coefficient (Wildman–Crippen LogP) is 4.32. The zero-order chi connectivity index (χ0) is 14.1. The van der Waals surface area contributed by atoms with Gasteiger partial charge >= 0.3 is 0 Å². The molecule has 1 heterocycles. The molecule has 104 valence electrons. The number of nitrogens with one attached hydrogen (secondary N) is 1. The van der Waals surface area contributed by atoms with Gasteiger partial charge in [0.05, 0.1) is 0 Å². The van der Waals surface area contributed by atoms with Crippen LogP contribution in [-0.2, 0) is 6.42 Å². The Balaban J connectivity index is 1.82. The van der Waals surface area contributed by atoms with E-state index in [2.05, 4.69) is 33.2 Å². The highest BCUT2D eigenvalue weighted by Crippen LogP contribution is 2.36. The Bertz CT molecular complexity index is 615. The number of aromatic nitrogens is 1. The van der Waals surface area contributed by atoms with Crippen LogP contribution >= 0.6 is 15.9 Å². The molecule has 1 N–H and O–H groups in total. The van der Waals surface area contributed by atoms with E-state index in [0.29, 0.717) is 0 Å². The molecule has 1 aromatic heterocycles. The van der Waals surface area contributed by atoms with E-state index in [-0.39, 0.29) is 17.9 Å². The first kappa shape index (κ1) is 13.7. The Morgan fingerprint density at radius 1 is 1.35 bits per heavy atom. The van der Waals surface area contributed by atoms with Gasteiger partial charge in [-0.2, -0.15) is 0 Å². The molecule has 4 heteroatoms. The molecule has 0 saturated carbocycles. The highest BCUT2D eigenvalue weighted by Gasteiger charge is 2.26. The van der Waals surface area contributed by atoms with Gasteiger partial charge in [0.1, 0.15) is 5.82 Å². The summed E-state index contributed by atoms with van der Waals surface area (Å²) in [7, 11) is 0. The quantitative estimate of drug-likeness (QED) is 0.904. The summed E-state index contributed by atoms with van der Waals surface area (Å²) in [5.41, 5.74) is 3.13. The maximum Gasteiger partial charge on any atom is 0.127 e. The molecule has 1 aliphatic carbocycles. The Morgan fingerprint density at radius 3 is 2.85 bits per heavy atom. The molecule has 20 heavy (non-hydrogen) atoms. The van der Waals surface area contributed by atoms with Crippen molar-refractivity contribution in [3.05, 3.63) is 63.6 Å². The zero-order valence-corrected chi connectivity index (χ0v) is 12.8. The third-order valence-corrected chi connectivity index (χ3v) is 4.37. The van der Waals surface area contributed by atoms with Gasteiger partial charge in [0, 0.05) is 29.0 Å². The van der Waals surface area contributed by atoms with Gasteiger partial charge < -0.3 is 5.32 Å². The van der Waals surface area contributed by atoms with Crippen molar-refractivity contribution >= 4 is 15.9 Å². The third kappa shape index (κ3) is 2.63. The number of hydrogen-bond acceptors (Lipinski definition) is 2. The lowest BCUT2D eigenvalue weighted by molar-refractivity contribution is 0.464. The lowest BCUT2D eigenvalue weighted by Gasteiger charge is -2.21. The summed E-state index contributed by atoms with van der Waals surface area (Å²) in [5.74, 6) is -0.102. The van der Waals surface area contributed by atoms with Gasteiger partial charge in [0.25, 0.3) is 0 Å². The maximum absolute atomic E-state index is 13.9. The standard InChI is InChI=1S/C16H16BrFN2/c1-10(11-4-6-19-7-5-11)20-16-3-2-13-14(16)8-12(17)9-15(13)18/h4-10,16,20H,2-3H2,1H3/t10-,16+/m0/s1. The van der Waals surface area contributed by atoms with Crippen molar-refractivity contribution in [2.75, 3.05) is 0 Å². The fourth-order valence-corrected chi connectivity index (χ4v) is 3.31. The number of nitrogens with zero attached hydrogens (tertiary/aromatic N) is 1. The number of halogens is 2. The molecule has 2 nitrogen and oxygen atoms in total. The molecular formula is C16H16BrFN2. The summed E-state index contributed by atoms with van der Waals surface area (Å²) in [6.45, 7) is 2.13. The Kier molecular flexibility index (Phi) is 3.85. The molecule has 0 saturated heterocycles. The van der Waals surface area contributed by atoms with E-state index in [4.69, 9.17) is 0 Å². The van der Waals surface area contributed by atoms with Gasteiger partial charge in [-0.15, -0.1) is 0 Å². The SMILES string of the molecule is C[C@H](N[C@@H]1CCc2c(F)cc(Br)cc21)c1ccncc1. The van der Waals surface area contributed by atoms with Crippen LogP contribution < -0.4 is 5.32 Å². The number of benzene rings is 1. The van der Waals surface area contributed by atoms with E-state index in [1.54, 1.807) is 18.5 Å². The first-order valence-corrected chi connectivity index (χ1v) is 7.58. The number of hydrogen-bond donors (Lipinski definition) is 1. The molecule has 2 atom stereocenters. The second-order valence-corrected chi connectivity index (χ2v) is 6.13. The summed E-state index contributed by atoms with van der Waals surface area (Å²) < 4.78 is 14.7. The molecule has 0 radical (unpaired) electrons. The lowest BCUT2D eigenvalue weighted by Crippen LogP contribution is -2.23. The van der Waals surface area contributed by atoms with E-state index < -0.39 is 0 Å². The molecule has 0 amide bonds. The van der Waals surface area contributed by atoms with E-state index in [1.165, 1.54) is 5.56 Å². The largest absolute Gasteiger partial charge is 0.303 e. The van der Waals surface area contributed by atoms with Crippen LogP contribution in [0, 0.1) is 5.82 Å². The number of rotatable bonds is 3. The predicted molar refractivity (Wildman–Crippen MR) is 80.9 cm³/mol. The van der Waals surface area contributed by atoms with Crippen LogP contribution in [0.2, 0.25) is 0 Å². The molecule has 0 bridgehead atoms. The summed E-state index contributed by atoms with van der Waals surface area (Å²) >= 11 is 3.38. The van der Waals surface area contributed by atoms with Crippen molar-refractivity contribution in [1.82, 2.24) is 10.3 Å². The van der Waals surface area contributed by atoms with Crippen LogP contribution in [-0.4, -0.2) is 4.98 Å². The van der Waals surface area contributed by atoms with Gasteiger partial charge in [0.15, 0.2) is 0 Å². The average Bonchev–Trinajstić information content (AvgIpc) is 2.83.